The topological polar surface area (TPSA) is 26.3 Å². The number of hydrogen-bond donors (Lipinski definition) is 0. The molecule has 2 heteroatoms. The first-order chi connectivity index (χ1) is 8.07. The van der Waals surface area contributed by atoms with Crippen molar-refractivity contribution in [1.82, 2.24) is 0 Å². The molecule has 0 N–H and O–H groups in total. The molecule has 0 bridgehead atoms. The highest BCUT2D eigenvalue weighted by atomic mass is 16.5. The molecule has 102 valence electrons. The molecular weight excluding hydrogens is 224 g/mol. The molecule has 1 unspecified atom stereocenters. The van der Waals surface area contributed by atoms with Crippen LogP contribution in [0.2, 0.25) is 0 Å². The predicted octanol–water partition coefficient (Wildman–Crippen LogP) is 4.12. The second kappa shape index (κ2) is 4.91. The third kappa shape index (κ3) is 3.24. The van der Waals surface area contributed by atoms with E-state index in [1.165, 1.54) is 0 Å². The summed E-state index contributed by atoms with van der Waals surface area (Å²) in [5.41, 5.74) is 1.89. The highest BCUT2D eigenvalue weighted by molar-refractivity contribution is 6.00. The Bertz CT molecular complexity index is 386. The maximum absolute atomic E-state index is 12.6. The first-order valence-electron chi connectivity index (χ1n) is 6.55. The first-order valence-corrected chi connectivity index (χ1v) is 6.55. The van der Waals surface area contributed by atoms with Crippen LogP contribution in [0.3, 0.4) is 0 Å². The standard InChI is InChI=1S/C16H26O2/c1-15(2,3)12-8-11(10-18-7)9-13(14(12)17)16(4,5)6/h8,10,13H,9H2,1-7H3. The Morgan fingerprint density at radius 2 is 1.78 bits per heavy atom. The van der Waals surface area contributed by atoms with Gasteiger partial charge in [-0.1, -0.05) is 41.5 Å². The fourth-order valence-electron chi connectivity index (χ4n) is 2.35. The van der Waals surface area contributed by atoms with Gasteiger partial charge in [0.1, 0.15) is 0 Å². The number of hydrogen-bond acceptors (Lipinski definition) is 2. The van der Waals surface area contributed by atoms with Crippen LogP contribution in [-0.2, 0) is 9.53 Å². The van der Waals surface area contributed by atoms with Gasteiger partial charge >= 0.3 is 0 Å². The average Bonchev–Trinajstić information content (AvgIpc) is 2.17. The van der Waals surface area contributed by atoms with Crippen LogP contribution in [0.25, 0.3) is 0 Å². The van der Waals surface area contributed by atoms with Gasteiger partial charge in [-0.15, -0.1) is 0 Å². The Kier molecular flexibility index (Phi) is 4.09. The molecule has 18 heavy (non-hydrogen) atoms. The molecular formula is C16H26O2. The van der Waals surface area contributed by atoms with Crippen LogP contribution in [0.5, 0.6) is 0 Å². The van der Waals surface area contributed by atoms with Gasteiger partial charge in [0.25, 0.3) is 0 Å². The van der Waals surface area contributed by atoms with Crippen molar-refractivity contribution in [2.75, 3.05) is 7.11 Å². The zero-order valence-corrected chi connectivity index (χ0v) is 12.8. The number of Topliss-reactive ketones (excluding diaryl/α,β-unsaturated/α-hetero) is 1. The monoisotopic (exact) mass is 250 g/mol. The minimum atomic E-state index is -0.117. The van der Waals surface area contributed by atoms with Gasteiger partial charge in [0.2, 0.25) is 0 Å². The fraction of sp³-hybridized carbons (Fsp3) is 0.688. The van der Waals surface area contributed by atoms with Gasteiger partial charge < -0.3 is 4.74 Å². The summed E-state index contributed by atoms with van der Waals surface area (Å²) in [4.78, 5) is 12.6. The normalized spacial score (nSPS) is 24.2. The highest BCUT2D eigenvalue weighted by Gasteiger charge is 2.39. The molecule has 1 atom stereocenters. The molecule has 1 aliphatic rings. The smallest absolute Gasteiger partial charge is 0.163 e. The van der Waals surface area contributed by atoms with E-state index in [0.717, 1.165) is 17.6 Å². The third-order valence-corrected chi connectivity index (χ3v) is 3.47. The zero-order chi connectivity index (χ0) is 14.1. The number of rotatable bonds is 1. The summed E-state index contributed by atoms with van der Waals surface area (Å²) < 4.78 is 5.12. The van der Waals surface area contributed by atoms with E-state index < -0.39 is 0 Å². The molecule has 0 aromatic carbocycles. The minimum Gasteiger partial charge on any atom is -0.504 e. The van der Waals surface area contributed by atoms with Gasteiger partial charge in [0.05, 0.1) is 13.4 Å². The summed E-state index contributed by atoms with van der Waals surface area (Å²) in [5, 5.41) is 0. The van der Waals surface area contributed by atoms with Crippen molar-refractivity contribution in [2.45, 2.75) is 48.0 Å². The second-order valence-corrected chi connectivity index (χ2v) is 7.22. The number of ketones is 1. The summed E-state index contributed by atoms with van der Waals surface area (Å²) in [6.45, 7) is 12.7. The molecule has 1 aliphatic carbocycles. The molecule has 0 saturated carbocycles. The van der Waals surface area contributed by atoms with E-state index in [1.54, 1.807) is 13.4 Å². The first kappa shape index (κ1) is 15.0. The van der Waals surface area contributed by atoms with Crippen molar-refractivity contribution < 1.29 is 9.53 Å². The lowest BCUT2D eigenvalue weighted by atomic mass is 9.66. The van der Waals surface area contributed by atoms with E-state index in [2.05, 4.69) is 41.5 Å². The van der Waals surface area contributed by atoms with Crippen molar-refractivity contribution in [3.63, 3.8) is 0 Å². The zero-order valence-electron chi connectivity index (χ0n) is 12.8. The van der Waals surface area contributed by atoms with Crippen molar-refractivity contribution in [1.29, 1.82) is 0 Å². The summed E-state index contributed by atoms with van der Waals surface area (Å²) >= 11 is 0. The summed E-state index contributed by atoms with van der Waals surface area (Å²) in [5.74, 6) is 0.335. The van der Waals surface area contributed by atoms with Gasteiger partial charge in [-0.2, -0.15) is 0 Å². The largest absolute Gasteiger partial charge is 0.504 e. The van der Waals surface area contributed by atoms with Crippen LogP contribution in [0.1, 0.15) is 48.0 Å². The molecule has 0 saturated heterocycles. The number of allylic oxidation sites excluding steroid dienone is 3. The van der Waals surface area contributed by atoms with Crippen LogP contribution < -0.4 is 0 Å². The lowest BCUT2D eigenvalue weighted by Gasteiger charge is -2.37. The summed E-state index contributed by atoms with van der Waals surface area (Å²) in [7, 11) is 1.65. The van der Waals surface area contributed by atoms with E-state index in [-0.39, 0.29) is 16.7 Å². The van der Waals surface area contributed by atoms with E-state index in [0.29, 0.717) is 5.78 Å². The van der Waals surface area contributed by atoms with Gasteiger partial charge in [0.15, 0.2) is 5.78 Å². The highest BCUT2D eigenvalue weighted by Crippen LogP contribution is 2.42. The van der Waals surface area contributed by atoms with Crippen molar-refractivity contribution in [2.24, 2.45) is 16.7 Å². The van der Waals surface area contributed by atoms with E-state index in [9.17, 15) is 4.79 Å². The van der Waals surface area contributed by atoms with Crippen molar-refractivity contribution >= 4 is 5.78 Å². The van der Waals surface area contributed by atoms with E-state index >= 15 is 0 Å². The Hall–Kier alpha value is -1.05. The SMILES string of the molecule is COC=C1C=C(C(C)(C)C)C(=O)C(C(C)(C)C)C1. The quantitative estimate of drug-likeness (QED) is 0.654. The summed E-state index contributed by atoms with van der Waals surface area (Å²) in [6, 6.07) is 0. The molecule has 0 radical (unpaired) electrons. The number of carbonyl (C=O) groups excluding carboxylic acids is 1. The maximum atomic E-state index is 12.6. The minimum absolute atomic E-state index is 0.0192. The molecule has 0 spiro atoms. The molecule has 2 nitrogen and oxygen atoms in total. The van der Waals surface area contributed by atoms with Crippen LogP contribution in [-0.4, -0.2) is 12.9 Å². The average molecular weight is 250 g/mol. The second-order valence-electron chi connectivity index (χ2n) is 7.22. The third-order valence-electron chi connectivity index (χ3n) is 3.47. The number of carbonyl (C=O) groups is 1. The lowest BCUT2D eigenvalue weighted by molar-refractivity contribution is -0.123. The number of ether oxygens (including phenoxy) is 1. The van der Waals surface area contributed by atoms with Crippen LogP contribution in [0.4, 0.5) is 0 Å². The maximum Gasteiger partial charge on any atom is 0.163 e. The Labute approximate surface area is 111 Å². The molecule has 0 aromatic heterocycles. The summed E-state index contributed by atoms with van der Waals surface area (Å²) in [6.07, 6.45) is 4.54. The molecule has 0 amide bonds. The lowest BCUT2D eigenvalue weighted by Crippen LogP contribution is -2.36. The Morgan fingerprint density at radius 1 is 1.22 bits per heavy atom. The van der Waals surface area contributed by atoms with Crippen LogP contribution in [0.15, 0.2) is 23.5 Å². The molecule has 1 rings (SSSR count). The Balaban J connectivity index is 3.25. The van der Waals surface area contributed by atoms with Gasteiger partial charge in [-0.25, -0.2) is 0 Å². The van der Waals surface area contributed by atoms with Crippen LogP contribution >= 0.6 is 0 Å². The fourth-order valence-corrected chi connectivity index (χ4v) is 2.35. The van der Waals surface area contributed by atoms with Gasteiger partial charge in [-0.3, -0.25) is 4.79 Å². The molecule has 0 fully saturated rings. The van der Waals surface area contributed by atoms with Crippen molar-refractivity contribution in [3.05, 3.63) is 23.5 Å². The predicted molar refractivity (Wildman–Crippen MR) is 75.2 cm³/mol. The molecule has 0 aromatic rings. The van der Waals surface area contributed by atoms with Gasteiger partial charge in [-0.05, 0) is 28.9 Å². The molecule has 0 heterocycles. The van der Waals surface area contributed by atoms with Gasteiger partial charge in [0, 0.05) is 11.5 Å². The number of methoxy groups -OCH3 is 1. The Morgan fingerprint density at radius 3 is 2.17 bits per heavy atom. The molecule has 0 aliphatic heterocycles. The van der Waals surface area contributed by atoms with Crippen LogP contribution in [0, 0.1) is 16.7 Å². The van der Waals surface area contributed by atoms with Crippen molar-refractivity contribution in [3.8, 4) is 0 Å². The van der Waals surface area contributed by atoms with E-state index in [4.69, 9.17) is 4.74 Å². The van der Waals surface area contributed by atoms with E-state index in [1.807, 2.05) is 6.08 Å².